The molecule has 0 radical (unpaired) electrons. The molecule has 4 rings (SSSR count). The second kappa shape index (κ2) is 11.3. The van der Waals surface area contributed by atoms with Gasteiger partial charge in [0.15, 0.2) is 0 Å². The summed E-state index contributed by atoms with van der Waals surface area (Å²) in [6, 6.07) is 22.9. The van der Waals surface area contributed by atoms with Crippen LogP contribution in [0, 0.1) is 0 Å². The van der Waals surface area contributed by atoms with Crippen LogP contribution in [0.25, 0.3) is 11.1 Å². The summed E-state index contributed by atoms with van der Waals surface area (Å²) in [5, 5.41) is 14.5. The van der Waals surface area contributed by atoms with Gasteiger partial charge in [-0.25, -0.2) is 9.59 Å². The fourth-order valence-electron chi connectivity index (χ4n) is 4.34. The largest absolute Gasteiger partial charge is 0.478 e. The molecule has 3 aromatic rings. The van der Waals surface area contributed by atoms with E-state index < -0.39 is 12.1 Å². The van der Waals surface area contributed by atoms with Crippen LogP contribution in [0.15, 0.2) is 72.8 Å². The Balaban J connectivity index is 1.13. The van der Waals surface area contributed by atoms with Crippen LogP contribution in [0.2, 0.25) is 0 Å². The van der Waals surface area contributed by atoms with Gasteiger partial charge in [0.2, 0.25) is 5.91 Å². The molecule has 0 fully saturated rings. The highest BCUT2D eigenvalue weighted by atomic mass is 16.5. The first-order valence-corrected chi connectivity index (χ1v) is 11.7. The Morgan fingerprint density at radius 3 is 2.06 bits per heavy atom. The molecule has 7 heteroatoms. The van der Waals surface area contributed by atoms with Crippen molar-refractivity contribution >= 4 is 18.0 Å². The summed E-state index contributed by atoms with van der Waals surface area (Å²) in [5.41, 5.74) is 5.88. The van der Waals surface area contributed by atoms with Crippen molar-refractivity contribution in [3.05, 3.63) is 95.1 Å². The Hall–Kier alpha value is -4.13. The van der Waals surface area contributed by atoms with Crippen molar-refractivity contribution < 1.29 is 24.2 Å². The third-order valence-electron chi connectivity index (χ3n) is 6.13. The summed E-state index contributed by atoms with van der Waals surface area (Å²) >= 11 is 0. The molecule has 0 aliphatic heterocycles. The molecule has 7 nitrogen and oxygen atoms in total. The van der Waals surface area contributed by atoms with Gasteiger partial charge in [-0.3, -0.25) is 4.79 Å². The van der Waals surface area contributed by atoms with E-state index in [1.54, 1.807) is 24.3 Å². The minimum absolute atomic E-state index is 0.0132. The Morgan fingerprint density at radius 2 is 1.43 bits per heavy atom. The number of fused-ring (bicyclic) bond motifs is 3. The third kappa shape index (κ3) is 6.06. The van der Waals surface area contributed by atoms with E-state index in [0.717, 1.165) is 16.7 Å². The van der Waals surface area contributed by atoms with Gasteiger partial charge in [-0.1, -0.05) is 60.7 Å². The molecule has 1 aliphatic rings. The lowest BCUT2D eigenvalue weighted by Gasteiger charge is -2.14. The second-order valence-electron chi connectivity index (χ2n) is 8.46. The van der Waals surface area contributed by atoms with E-state index in [9.17, 15) is 14.4 Å². The van der Waals surface area contributed by atoms with Gasteiger partial charge in [0.25, 0.3) is 0 Å². The number of hydrogen-bond donors (Lipinski definition) is 3. The minimum Gasteiger partial charge on any atom is -0.478 e. The molecule has 0 aromatic heterocycles. The molecule has 3 N–H and O–H groups in total. The Labute approximate surface area is 204 Å². The van der Waals surface area contributed by atoms with Crippen LogP contribution in [0.3, 0.4) is 0 Å². The van der Waals surface area contributed by atoms with E-state index in [4.69, 9.17) is 9.84 Å². The fourth-order valence-corrected chi connectivity index (χ4v) is 4.34. The molecule has 3 aromatic carbocycles. The smallest absolute Gasteiger partial charge is 0.407 e. The number of amides is 2. The van der Waals surface area contributed by atoms with Crippen LogP contribution in [0.4, 0.5) is 4.79 Å². The predicted molar refractivity (Wildman–Crippen MR) is 132 cm³/mol. The number of hydrogen-bond acceptors (Lipinski definition) is 4. The SMILES string of the molecule is O=C(CCCNC(=O)OCC1c2ccccc2-c2ccccc21)NCCc1ccc(C(=O)O)cc1. The van der Waals surface area contributed by atoms with Gasteiger partial charge in [-0.2, -0.15) is 0 Å². The zero-order valence-corrected chi connectivity index (χ0v) is 19.3. The molecule has 1 aliphatic carbocycles. The van der Waals surface area contributed by atoms with Gasteiger partial charge >= 0.3 is 12.1 Å². The highest BCUT2D eigenvalue weighted by Gasteiger charge is 2.28. The van der Waals surface area contributed by atoms with Gasteiger partial charge < -0.3 is 20.5 Å². The van der Waals surface area contributed by atoms with E-state index in [-0.39, 0.29) is 24.0 Å². The molecule has 0 heterocycles. The van der Waals surface area contributed by atoms with E-state index in [2.05, 4.69) is 34.9 Å². The first-order chi connectivity index (χ1) is 17.0. The van der Waals surface area contributed by atoms with E-state index in [0.29, 0.717) is 32.4 Å². The van der Waals surface area contributed by atoms with Crippen molar-refractivity contribution in [1.29, 1.82) is 0 Å². The molecule has 0 saturated heterocycles. The molecule has 2 amide bonds. The number of rotatable bonds is 10. The van der Waals surface area contributed by atoms with Crippen molar-refractivity contribution in [2.24, 2.45) is 0 Å². The summed E-state index contributed by atoms with van der Waals surface area (Å²) in [4.78, 5) is 35.1. The van der Waals surface area contributed by atoms with Crippen molar-refractivity contribution in [2.45, 2.75) is 25.2 Å². The zero-order chi connectivity index (χ0) is 24.6. The number of carbonyl (C=O) groups excluding carboxylic acids is 2. The van der Waals surface area contributed by atoms with Gasteiger partial charge in [-0.05, 0) is 52.8 Å². The summed E-state index contributed by atoms with van der Waals surface area (Å²) in [6.07, 6.45) is 0.922. The van der Waals surface area contributed by atoms with Crippen LogP contribution in [0.5, 0.6) is 0 Å². The molecule has 35 heavy (non-hydrogen) atoms. The predicted octanol–water partition coefficient (Wildman–Crippen LogP) is 4.36. The van der Waals surface area contributed by atoms with E-state index >= 15 is 0 Å². The normalized spacial score (nSPS) is 11.9. The number of nitrogens with one attached hydrogen (secondary N) is 2. The molecule has 0 spiro atoms. The van der Waals surface area contributed by atoms with Gasteiger partial charge in [0.1, 0.15) is 6.61 Å². The lowest BCUT2D eigenvalue weighted by Crippen LogP contribution is -2.29. The van der Waals surface area contributed by atoms with Crippen molar-refractivity contribution in [3.63, 3.8) is 0 Å². The van der Waals surface area contributed by atoms with Crippen LogP contribution >= 0.6 is 0 Å². The zero-order valence-electron chi connectivity index (χ0n) is 19.3. The Kier molecular flexibility index (Phi) is 7.77. The van der Waals surface area contributed by atoms with Crippen molar-refractivity contribution in [3.8, 4) is 11.1 Å². The summed E-state index contributed by atoms with van der Waals surface area (Å²) in [7, 11) is 0. The molecular formula is C28H28N2O5. The van der Waals surface area contributed by atoms with Crippen molar-refractivity contribution in [1.82, 2.24) is 10.6 Å². The molecular weight excluding hydrogens is 444 g/mol. The standard InChI is InChI=1S/C28H28N2O5/c31-26(29-17-15-19-11-13-20(14-12-19)27(32)33)10-5-16-30-28(34)35-18-25-23-8-3-1-6-21(23)22-7-2-4-9-24(22)25/h1-4,6-9,11-14,25H,5,10,15-18H2,(H,29,31)(H,30,34)(H,32,33). The average molecular weight is 473 g/mol. The van der Waals surface area contributed by atoms with Crippen molar-refractivity contribution in [2.75, 3.05) is 19.7 Å². The maximum Gasteiger partial charge on any atom is 0.407 e. The van der Waals surface area contributed by atoms with E-state index in [1.165, 1.54) is 11.1 Å². The molecule has 0 bridgehead atoms. The average Bonchev–Trinajstić information content (AvgIpc) is 3.19. The number of carbonyl (C=O) groups is 3. The number of aromatic carboxylic acids is 1. The summed E-state index contributed by atoms with van der Waals surface area (Å²) in [6.45, 7) is 1.07. The van der Waals surface area contributed by atoms with Crippen LogP contribution in [-0.4, -0.2) is 42.8 Å². The van der Waals surface area contributed by atoms with Gasteiger partial charge in [0.05, 0.1) is 5.56 Å². The maximum atomic E-state index is 12.2. The maximum absolute atomic E-state index is 12.2. The molecule has 0 atom stereocenters. The molecule has 0 unspecified atom stereocenters. The molecule has 0 saturated carbocycles. The fraction of sp³-hybridized carbons (Fsp3) is 0.250. The first-order valence-electron chi connectivity index (χ1n) is 11.7. The van der Waals surface area contributed by atoms with Crippen LogP contribution in [-0.2, 0) is 16.0 Å². The topological polar surface area (TPSA) is 105 Å². The Bertz CT molecular complexity index is 1160. The lowest BCUT2D eigenvalue weighted by atomic mass is 9.98. The highest BCUT2D eigenvalue weighted by molar-refractivity contribution is 5.87. The number of alkyl carbamates (subject to hydrolysis) is 1. The van der Waals surface area contributed by atoms with E-state index in [1.807, 2.05) is 24.3 Å². The van der Waals surface area contributed by atoms with Gasteiger partial charge in [-0.15, -0.1) is 0 Å². The number of benzene rings is 3. The highest BCUT2D eigenvalue weighted by Crippen LogP contribution is 2.44. The number of carboxylic acid groups (broad SMARTS) is 1. The number of ether oxygens (including phenoxy) is 1. The first kappa shape index (κ1) is 24.0. The van der Waals surface area contributed by atoms with Gasteiger partial charge in [0, 0.05) is 25.4 Å². The summed E-state index contributed by atoms with van der Waals surface area (Å²) in [5.74, 6) is -1.04. The van der Waals surface area contributed by atoms with Crippen LogP contribution in [0.1, 0.15) is 45.8 Å². The third-order valence-corrected chi connectivity index (χ3v) is 6.13. The lowest BCUT2D eigenvalue weighted by molar-refractivity contribution is -0.121. The summed E-state index contributed by atoms with van der Waals surface area (Å²) < 4.78 is 5.50. The number of carboxylic acids is 1. The van der Waals surface area contributed by atoms with Crippen LogP contribution < -0.4 is 10.6 Å². The minimum atomic E-state index is -0.962. The molecule has 180 valence electrons. The Morgan fingerprint density at radius 1 is 0.800 bits per heavy atom. The second-order valence-corrected chi connectivity index (χ2v) is 8.46. The monoisotopic (exact) mass is 472 g/mol. The quantitative estimate of drug-likeness (QED) is 0.380.